The molecule has 92 valence electrons. The lowest BCUT2D eigenvalue weighted by Gasteiger charge is -2.28. The molecule has 0 N–H and O–H groups in total. The van der Waals surface area contributed by atoms with Crippen molar-refractivity contribution < 1.29 is 9.47 Å². The molecule has 2 nitrogen and oxygen atoms in total. The standard InChI is InChI=1S/C13H28O2/c1-10(2)14-9-12(15-11(3)4)8-13(5,6)7/h10-12H,8-9H2,1-7H3. The molecule has 2 heteroatoms. The van der Waals surface area contributed by atoms with Gasteiger partial charge in [0.15, 0.2) is 0 Å². The van der Waals surface area contributed by atoms with E-state index in [0.717, 1.165) is 6.42 Å². The molecule has 1 unspecified atom stereocenters. The molecule has 0 radical (unpaired) electrons. The first-order valence-electron chi connectivity index (χ1n) is 5.98. The predicted octanol–water partition coefficient (Wildman–Crippen LogP) is 3.64. The molecule has 1 atom stereocenters. The molecule has 0 saturated carbocycles. The van der Waals surface area contributed by atoms with E-state index >= 15 is 0 Å². The summed E-state index contributed by atoms with van der Waals surface area (Å²) < 4.78 is 11.5. The molecule has 0 aliphatic carbocycles. The second-order valence-corrected chi connectivity index (χ2v) is 5.95. The zero-order valence-corrected chi connectivity index (χ0v) is 11.5. The molecule has 0 fully saturated rings. The fraction of sp³-hybridized carbons (Fsp3) is 1.00. The smallest absolute Gasteiger partial charge is 0.0817 e. The molecule has 0 spiro atoms. The molecule has 0 aliphatic rings. The summed E-state index contributed by atoms with van der Waals surface area (Å²) in [6, 6.07) is 0. The lowest BCUT2D eigenvalue weighted by atomic mass is 9.89. The molecule has 15 heavy (non-hydrogen) atoms. The quantitative estimate of drug-likeness (QED) is 0.675. The molecule has 0 aromatic heterocycles. The van der Waals surface area contributed by atoms with Crippen molar-refractivity contribution in [1.82, 2.24) is 0 Å². The highest BCUT2D eigenvalue weighted by atomic mass is 16.5. The molecule has 0 heterocycles. The van der Waals surface area contributed by atoms with Crippen molar-refractivity contribution in [2.45, 2.75) is 73.2 Å². The van der Waals surface area contributed by atoms with Gasteiger partial charge in [-0.2, -0.15) is 0 Å². The van der Waals surface area contributed by atoms with Crippen LogP contribution in [0.2, 0.25) is 0 Å². The van der Waals surface area contributed by atoms with Gasteiger partial charge in [0.25, 0.3) is 0 Å². The zero-order chi connectivity index (χ0) is 12.1. The summed E-state index contributed by atoms with van der Waals surface area (Å²) in [6.07, 6.45) is 1.81. The Labute approximate surface area is 95.3 Å². The highest BCUT2D eigenvalue weighted by molar-refractivity contribution is 4.70. The minimum absolute atomic E-state index is 0.215. The highest BCUT2D eigenvalue weighted by Gasteiger charge is 2.20. The van der Waals surface area contributed by atoms with Crippen LogP contribution in [-0.4, -0.2) is 24.9 Å². The number of hydrogen-bond acceptors (Lipinski definition) is 2. The Morgan fingerprint density at radius 2 is 1.47 bits per heavy atom. The minimum Gasteiger partial charge on any atom is -0.376 e. The second kappa shape index (κ2) is 6.49. The molecular weight excluding hydrogens is 188 g/mol. The monoisotopic (exact) mass is 216 g/mol. The van der Waals surface area contributed by atoms with E-state index in [2.05, 4.69) is 48.5 Å². The highest BCUT2D eigenvalue weighted by Crippen LogP contribution is 2.23. The van der Waals surface area contributed by atoms with Crippen molar-refractivity contribution in [2.24, 2.45) is 5.41 Å². The minimum atomic E-state index is 0.215. The maximum absolute atomic E-state index is 5.85. The average Bonchev–Trinajstić information content (AvgIpc) is 1.95. The molecular formula is C13H28O2. The third kappa shape index (κ3) is 10.2. The summed E-state index contributed by atoms with van der Waals surface area (Å²) in [5.41, 5.74) is 0.292. The molecule has 0 saturated heterocycles. The second-order valence-electron chi connectivity index (χ2n) is 5.95. The third-order valence-corrected chi connectivity index (χ3v) is 1.92. The van der Waals surface area contributed by atoms with Crippen LogP contribution in [-0.2, 0) is 9.47 Å². The van der Waals surface area contributed by atoms with Gasteiger partial charge in [-0.15, -0.1) is 0 Å². The largest absolute Gasteiger partial charge is 0.376 e. The van der Waals surface area contributed by atoms with Gasteiger partial charge in [-0.05, 0) is 39.5 Å². The summed E-state index contributed by atoms with van der Waals surface area (Å²) in [5.74, 6) is 0. The molecule has 0 aromatic rings. The van der Waals surface area contributed by atoms with Crippen molar-refractivity contribution in [2.75, 3.05) is 6.61 Å². The average molecular weight is 216 g/mol. The Bertz CT molecular complexity index is 156. The Kier molecular flexibility index (Phi) is 6.46. The first kappa shape index (κ1) is 14.9. The molecule has 0 amide bonds. The van der Waals surface area contributed by atoms with Gasteiger partial charge in [0.2, 0.25) is 0 Å². The van der Waals surface area contributed by atoms with E-state index in [4.69, 9.17) is 9.47 Å². The van der Waals surface area contributed by atoms with Crippen LogP contribution in [0.15, 0.2) is 0 Å². The van der Waals surface area contributed by atoms with Crippen molar-refractivity contribution in [1.29, 1.82) is 0 Å². The van der Waals surface area contributed by atoms with E-state index in [9.17, 15) is 0 Å². The first-order valence-corrected chi connectivity index (χ1v) is 5.98. The van der Waals surface area contributed by atoms with Crippen LogP contribution in [0.1, 0.15) is 54.9 Å². The fourth-order valence-electron chi connectivity index (χ4n) is 1.51. The zero-order valence-electron chi connectivity index (χ0n) is 11.5. The van der Waals surface area contributed by atoms with E-state index in [0.29, 0.717) is 12.0 Å². The third-order valence-electron chi connectivity index (χ3n) is 1.92. The van der Waals surface area contributed by atoms with E-state index in [1.165, 1.54) is 0 Å². The van der Waals surface area contributed by atoms with Crippen LogP contribution in [0.3, 0.4) is 0 Å². The Morgan fingerprint density at radius 3 is 1.80 bits per heavy atom. The molecule has 0 rings (SSSR count). The maximum Gasteiger partial charge on any atom is 0.0817 e. The fourth-order valence-corrected chi connectivity index (χ4v) is 1.51. The number of ether oxygens (including phenoxy) is 2. The maximum atomic E-state index is 5.85. The predicted molar refractivity (Wildman–Crippen MR) is 65.2 cm³/mol. The summed E-state index contributed by atoms with van der Waals surface area (Å²) in [5, 5.41) is 0. The van der Waals surface area contributed by atoms with Gasteiger partial charge in [0, 0.05) is 0 Å². The van der Waals surface area contributed by atoms with Gasteiger partial charge in [0.1, 0.15) is 0 Å². The number of rotatable bonds is 6. The van der Waals surface area contributed by atoms with Gasteiger partial charge >= 0.3 is 0 Å². The normalized spacial score (nSPS) is 15.0. The Balaban J connectivity index is 4.07. The SMILES string of the molecule is CC(C)OCC(CC(C)(C)C)OC(C)C. The van der Waals surface area contributed by atoms with Crippen molar-refractivity contribution in [3.05, 3.63) is 0 Å². The van der Waals surface area contributed by atoms with Crippen molar-refractivity contribution >= 4 is 0 Å². The summed E-state index contributed by atoms with van der Waals surface area (Å²) >= 11 is 0. The lowest BCUT2D eigenvalue weighted by molar-refractivity contribution is -0.0725. The van der Waals surface area contributed by atoms with Gasteiger partial charge in [0.05, 0.1) is 24.9 Å². The van der Waals surface area contributed by atoms with Gasteiger partial charge in [-0.25, -0.2) is 0 Å². The van der Waals surface area contributed by atoms with Crippen molar-refractivity contribution in [3.63, 3.8) is 0 Å². The summed E-state index contributed by atoms with van der Waals surface area (Å²) in [6.45, 7) is 15.7. The van der Waals surface area contributed by atoms with Gasteiger partial charge < -0.3 is 9.47 Å². The van der Waals surface area contributed by atoms with E-state index in [1.807, 2.05) is 0 Å². The van der Waals surface area contributed by atoms with E-state index in [1.54, 1.807) is 0 Å². The van der Waals surface area contributed by atoms with Crippen LogP contribution in [0.25, 0.3) is 0 Å². The van der Waals surface area contributed by atoms with E-state index < -0.39 is 0 Å². The van der Waals surface area contributed by atoms with Crippen LogP contribution < -0.4 is 0 Å². The Hall–Kier alpha value is -0.0800. The van der Waals surface area contributed by atoms with Gasteiger partial charge in [-0.3, -0.25) is 0 Å². The van der Waals surface area contributed by atoms with E-state index in [-0.39, 0.29) is 18.3 Å². The molecule has 0 bridgehead atoms. The van der Waals surface area contributed by atoms with Crippen LogP contribution in [0, 0.1) is 5.41 Å². The molecule has 0 aromatic carbocycles. The Morgan fingerprint density at radius 1 is 0.933 bits per heavy atom. The molecule has 0 aliphatic heterocycles. The summed E-state index contributed by atoms with van der Waals surface area (Å²) in [7, 11) is 0. The van der Waals surface area contributed by atoms with Crippen molar-refractivity contribution in [3.8, 4) is 0 Å². The van der Waals surface area contributed by atoms with Crippen LogP contribution in [0.4, 0.5) is 0 Å². The van der Waals surface area contributed by atoms with Crippen LogP contribution >= 0.6 is 0 Å². The number of hydrogen-bond donors (Lipinski definition) is 0. The summed E-state index contributed by atoms with van der Waals surface area (Å²) in [4.78, 5) is 0. The lowest BCUT2D eigenvalue weighted by Crippen LogP contribution is -2.29. The topological polar surface area (TPSA) is 18.5 Å². The van der Waals surface area contributed by atoms with Crippen LogP contribution in [0.5, 0.6) is 0 Å². The first-order chi connectivity index (χ1) is 6.70. The van der Waals surface area contributed by atoms with Gasteiger partial charge in [-0.1, -0.05) is 20.8 Å².